The molecule has 2 heterocycles. The summed E-state index contributed by atoms with van der Waals surface area (Å²) in [7, 11) is 0. The number of fused-ring (bicyclic) bond motifs is 1. The molecule has 23 heavy (non-hydrogen) atoms. The van der Waals surface area contributed by atoms with Gasteiger partial charge in [-0.2, -0.15) is 4.99 Å². The number of thiazole rings is 1. The van der Waals surface area contributed by atoms with Gasteiger partial charge in [0.25, 0.3) is 5.91 Å². The van der Waals surface area contributed by atoms with Gasteiger partial charge < -0.3 is 4.57 Å². The van der Waals surface area contributed by atoms with Crippen LogP contribution in [0.15, 0.2) is 23.2 Å². The van der Waals surface area contributed by atoms with Crippen molar-refractivity contribution in [1.82, 2.24) is 4.57 Å². The zero-order chi connectivity index (χ0) is 16.7. The van der Waals surface area contributed by atoms with Crippen LogP contribution < -0.4 is 4.80 Å². The Hall–Kier alpha value is -1.14. The minimum Gasteiger partial charge on any atom is -0.317 e. The van der Waals surface area contributed by atoms with E-state index in [1.165, 1.54) is 33.8 Å². The van der Waals surface area contributed by atoms with Crippen LogP contribution in [-0.2, 0) is 6.54 Å². The zero-order valence-electron chi connectivity index (χ0n) is 12.8. The number of hydrogen-bond donors (Lipinski definition) is 0. The maximum absolute atomic E-state index is 12.4. The molecule has 1 amide bonds. The van der Waals surface area contributed by atoms with Gasteiger partial charge in [0.1, 0.15) is 4.34 Å². The topological polar surface area (TPSA) is 34.4 Å². The molecule has 120 valence electrons. The lowest BCUT2D eigenvalue weighted by atomic mass is 10.1. The van der Waals surface area contributed by atoms with Gasteiger partial charge in [-0.25, -0.2) is 0 Å². The summed E-state index contributed by atoms with van der Waals surface area (Å²) in [5.74, 6) is -0.361. The van der Waals surface area contributed by atoms with Crippen molar-refractivity contribution in [2.45, 2.75) is 27.3 Å². The standard InChI is InChI=1S/C16H14Cl2N2OS2/c1-4-20-11-5-8(2)9(3)6-12(11)22-16(20)19-15(21)10-7-13(17)23-14(10)18/h5-7H,4H2,1-3H3. The van der Waals surface area contributed by atoms with Crippen LogP contribution in [0, 0.1) is 13.8 Å². The quantitative estimate of drug-likeness (QED) is 0.578. The zero-order valence-corrected chi connectivity index (χ0v) is 16.0. The number of carbonyl (C=O) groups is 1. The van der Waals surface area contributed by atoms with E-state index in [1.54, 1.807) is 6.07 Å². The molecule has 1 aromatic carbocycles. The van der Waals surface area contributed by atoms with Crippen molar-refractivity contribution in [1.29, 1.82) is 0 Å². The Morgan fingerprint density at radius 2 is 1.87 bits per heavy atom. The summed E-state index contributed by atoms with van der Waals surface area (Å²) in [5.41, 5.74) is 3.91. The van der Waals surface area contributed by atoms with Crippen molar-refractivity contribution >= 4 is 62.0 Å². The minimum absolute atomic E-state index is 0.356. The van der Waals surface area contributed by atoms with Crippen LogP contribution in [0.25, 0.3) is 10.2 Å². The summed E-state index contributed by atoms with van der Waals surface area (Å²) in [6, 6.07) is 5.85. The lowest BCUT2D eigenvalue weighted by Gasteiger charge is -2.03. The van der Waals surface area contributed by atoms with E-state index in [0.29, 0.717) is 19.0 Å². The third-order valence-corrected chi connectivity index (χ3v) is 6.23. The number of hydrogen-bond acceptors (Lipinski definition) is 3. The van der Waals surface area contributed by atoms with Crippen molar-refractivity contribution in [2.24, 2.45) is 4.99 Å². The maximum atomic E-state index is 12.4. The summed E-state index contributed by atoms with van der Waals surface area (Å²) in [6.07, 6.45) is 0. The Morgan fingerprint density at radius 1 is 1.17 bits per heavy atom. The molecule has 0 atom stereocenters. The van der Waals surface area contributed by atoms with E-state index in [1.807, 2.05) is 11.5 Å². The molecule has 3 aromatic rings. The summed E-state index contributed by atoms with van der Waals surface area (Å²) in [6.45, 7) is 6.95. The molecule has 0 fully saturated rings. The van der Waals surface area contributed by atoms with Crippen molar-refractivity contribution in [3.05, 3.63) is 48.4 Å². The maximum Gasteiger partial charge on any atom is 0.282 e. The number of thiophene rings is 1. The molecule has 0 radical (unpaired) electrons. The van der Waals surface area contributed by atoms with Crippen LogP contribution in [-0.4, -0.2) is 10.5 Å². The van der Waals surface area contributed by atoms with Gasteiger partial charge in [-0.3, -0.25) is 4.79 Å². The lowest BCUT2D eigenvalue weighted by molar-refractivity contribution is 0.0998. The van der Waals surface area contributed by atoms with Crippen LogP contribution in [0.5, 0.6) is 0 Å². The molecule has 0 spiro atoms. The van der Waals surface area contributed by atoms with Crippen LogP contribution in [0.1, 0.15) is 28.4 Å². The van der Waals surface area contributed by atoms with Gasteiger partial charge in [0, 0.05) is 6.54 Å². The SMILES string of the molecule is CCn1c(=NC(=O)c2cc(Cl)sc2Cl)sc2cc(C)c(C)cc21. The fourth-order valence-corrected chi connectivity index (χ4v) is 4.97. The molecule has 0 saturated carbocycles. The first-order chi connectivity index (χ1) is 10.9. The normalized spacial score (nSPS) is 12.3. The third kappa shape index (κ3) is 3.11. The number of amides is 1. The van der Waals surface area contributed by atoms with Crippen molar-refractivity contribution in [3.63, 3.8) is 0 Å². The van der Waals surface area contributed by atoms with E-state index in [9.17, 15) is 4.79 Å². The van der Waals surface area contributed by atoms with Crippen LogP contribution >= 0.6 is 45.9 Å². The predicted molar refractivity (Wildman–Crippen MR) is 99.2 cm³/mol. The van der Waals surface area contributed by atoms with Crippen molar-refractivity contribution in [2.75, 3.05) is 0 Å². The highest BCUT2D eigenvalue weighted by Gasteiger charge is 2.15. The fourth-order valence-electron chi connectivity index (χ4n) is 2.35. The predicted octanol–water partition coefficient (Wildman–Crippen LogP) is 5.45. The fraction of sp³-hybridized carbons (Fsp3) is 0.250. The highest BCUT2D eigenvalue weighted by Crippen LogP contribution is 2.31. The molecule has 0 N–H and O–H groups in total. The number of rotatable bonds is 2. The van der Waals surface area contributed by atoms with E-state index >= 15 is 0 Å². The molecular weight excluding hydrogens is 371 g/mol. The Kier molecular flexibility index (Phi) is 4.65. The second-order valence-corrected chi connectivity index (χ2v) is 8.48. The van der Waals surface area contributed by atoms with Gasteiger partial charge in [0.05, 0.1) is 20.1 Å². The molecule has 7 heteroatoms. The molecule has 0 aliphatic carbocycles. The summed E-state index contributed by atoms with van der Waals surface area (Å²) < 4.78 is 4.03. The molecule has 0 aliphatic rings. The second kappa shape index (κ2) is 6.40. The first-order valence-electron chi connectivity index (χ1n) is 7.05. The molecular formula is C16H14Cl2N2OS2. The highest BCUT2D eigenvalue weighted by molar-refractivity contribution is 7.20. The Balaban J connectivity index is 2.19. The third-order valence-electron chi connectivity index (χ3n) is 3.70. The van der Waals surface area contributed by atoms with Crippen molar-refractivity contribution in [3.8, 4) is 0 Å². The lowest BCUT2D eigenvalue weighted by Crippen LogP contribution is -2.15. The van der Waals surface area contributed by atoms with Gasteiger partial charge in [-0.1, -0.05) is 34.5 Å². The van der Waals surface area contributed by atoms with E-state index in [4.69, 9.17) is 23.2 Å². The molecule has 3 rings (SSSR count). The van der Waals surface area contributed by atoms with E-state index < -0.39 is 0 Å². The first-order valence-corrected chi connectivity index (χ1v) is 9.44. The van der Waals surface area contributed by atoms with Gasteiger partial charge in [-0.05, 0) is 50.1 Å². The average Bonchev–Trinajstić information content (AvgIpc) is 2.98. The minimum atomic E-state index is -0.361. The van der Waals surface area contributed by atoms with E-state index in [-0.39, 0.29) is 5.91 Å². The highest BCUT2D eigenvalue weighted by atomic mass is 35.5. The van der Waals surface area contributed by atoms with Gasteiger partial charge in [0.2, 0.25) is 0 Å². The van der Waals surface area contributed by atoms with Gasteiger partial charge in [0.15, 0.2) is 4.80 Å². The summed E-state index contributed by atoms with van der Waals surface area (Å²) >= 11 is 14.6. The molecule has 0 bridgehead atoms. The largest absolute Gasteiger partial charge is 0.317 e. The molecule has 0 saturated heterocycles. The van der Waals surface area contributed by atoms with E-state index in [0.717, 1.165) is 16.8 Å². The summed E-state index contributed by atoms with van der Waals surface area (Å²) in [4.78, 5) is 17.4. The van der Waals surface area contributed by atoms with Crippen LogP contribution in [0.4, 0.5) is 0 Å². The smallest absolute Gasteiger partial charge is 0.282 e. The number of aryl methyl sites for hydroxylation is 3. The number of nitrogens with zero attached hydrogens (tertiary/aromatic N) is 2. The Bertz CT molecular complexity index is 982. The van der Waals surface area contributed by atoms with Crippen molar-refractivity contribution < 1.29 is 4.79 Å². The Labute approximate surface area is 151 Å². The number of halogens is 2. The Morgan fingerprint density at radius 3 is 2.48 bits per heavy atom. The van der Waals surface area contributed by atoms with Crippen LogP contribution in [0.2, 0.25) is 8.67 Å². The summed E-state index contributed by atoms with van der Waals surface area (Å²) in [5, 5.41) is 0. The van der Waals surface area contributed by atoms with Gasteiger partial charge in [-0.15, -0.1) is 11.3 Å². The molecule has 3 nitrogen and oxygen atoms in total. The number of benzene rings is 1. The monoisotopic (exact) mass is 384 g/mol. The number of carbonyl (C=O) groups excluding carboxylic acids is 1. The van der Waals surface area contributed by atoms with E-state index in [2.05, 4.69) is 31.0 Å². The van der Waals surface area contributed by atoms with Gasteiger partial charge >= 0.3 is 0 Å². The van der Waals surface area contributed by atoms with Crippen LogP contribution in [0.3, 0.4) is 0 Å². The first kappa shape index (κ1) is 16.7. The average molecular weight is 385 g/mol. The molecule has 2 aromatic heterocycles. The number of aromatic nitrogens is 1. The molecule has 0 aliphatic heterocycles. The molecule has 0 unspecified atom stereocenters. The second-order valence-electron chi connectivity index (χ2n) is 5.19.